The molecule has 0 radical (unpaired) electrons. The predicted molar refractivity (Wildman–Crippen MR) is 132 cm³/mol. The molecule has 0 saturated carbocycles. The van der Waals surface area contributed by atoms with Gasteiger partial charge in [0.2, 0.25) is 0 Å². The Morgan fingerprint density at radius 2 is 1.61 bits per heavy atom. The van der Waals surface area contributed by atoms with Crippen LogP contribution in [0.1, 0.15) is 27.8 Å². The van der Waals surface area contributed by atoms with Crippen LogP contribution in [-0.2, 0) is 18.5 Å². The Hall–Kier alpha value is -4.03. The van der Waals surface area contributed by atoms with Crippen LogP contribution in [0.5, 0.6) is 5.75 Å². The summed E-state index contributed by atoms with van der Waals surface area (Å²) in [5, 5.41) is 9.76. The highest BCUT2D eigenvalue weighted by atomic mass is 32.2. The second-order valence-electron chi connectivity index (χ2n) is 7.99. The number of hydrogen-bond acceptors (Lipinski definition) is 5. The van der Waals surface area contributed by atoms with Crippen LogP contribution < -0.4 is 10.3 Å². The maximum absolute atomic E-state index is 12.8. The first-order valence-corrected chi connectivity index (χ1v) is 11.8. The van der Waals surface area contributed by atoms with E-state index >= 15 is 0 Å². The summed E-state index contributed by atoms with van der Waals surface area (Å²) < 4.78 is 44.1. The number of nitriles is 1. The topological polar surface area (TPSA) is 78.8 Å². The molecule has 1 aromatic heterocycles. The molecule has 0 aliphatic carbocycles. The van der Waals surface area contributed by atoms with Crippen molar-refractivity contribution in [2.45, 2.75) is 30.6 Å². The fourth-order valence-corrected chi connectivity index (χ4v) is 4.15. The number of nitrogens with one attached hydrogen (secondary N) is 1. The Morgan fingerprint density at radius 3 is 2.22 bits per heavy atom. The second-order valence-corrected chi connectivity index (χ2v) is 8.95. The normalized spacial score (nSPS) is 11.2. The number of aromatic amines is 1. The van der Waals surface area contributed by atoms with E-state index in [1.807, 2.05) is 37.3 Å². The first-order valence-electron chi connectivity index (χ1n) is 10.8. The van der Waals surface area contributed by atoms with Gasteiger partial charge in [-0.1, -0.05) is 53.7 Å². The van der Waals surface area contributed by atoms with E-state index in [4.69, 9.17) is 4.74 Å². The van der Waals surface area contributed by atoms with Crippen molar-refractivity contribution < 1.29 is 17.9 Å². The molecule has 0 unspecified atom stereocenters. The summed E-state index contributed by atoms with van der Waals surface area (Å²) in [4.78, 5) is 19.5. The Morgan fingerprint density at radius 1 is 0.972 bits per heavy atom. The smallest absolute Gasteiger partial charge is 0.416 e. The molecule has 0 amide bonds. The Bertz CT molecular complexity index is 1440. The van der Waals surface area contributed by atoms with Gasteiger partial charge in [0.15, 0.2) is 5.16 Å². The molecule has 9 heteroatoms. The molecule has 3 aromatic carbocycles. The SMILES string of the molecule is Cc1ccc(COc2ccc(-c3nc(SCc4ccc(C(F)(F)F)cc4)[nH]c(=O)c3C#N)cc2)cc1. The van der Waals surface area contributed by atoms with E-state index in [9.17, 15) is 23.2 Å². The minimum absolute atomic E-state index is 0.123. The minimum Gasteiger partial charge on any atom is -0.489 e. The molecule has 0 spiro atoms. The van der Waals surface area contributed by atoms with E-state index in [0.29, 0.717) is 23.5 Å². The number of H-pyrrole nitrogens is 1. The molecule has 182 valence electrons. The van der Waals surface area contributed by atoms with Crippen molar-refractivity contribution in [1.82, 2.24) is 9.97 Å². The molecule has 0 saturated heterocycles. The van der Waals surface area contributed by atoms with Gasteiger partial charge in [0.05, 0.1) is 11.3 Å². The number of aryl methyl sites for hydroxylation is 1. The number of aromatic nitrogens is 2. The third-order valence-electron chi connectivity index (χ3n) is 5.32. The van der Waals surface area contributed by atoms with Crippen LogP contribution in [-0.4, -0.2) is 9.97 Å². The average molecular weight is 508 g/mol. The summed E-state index contributed by atoms with van der Waals surface area (Å²) in [6, 6.07) is 21.6. The summed E-state index contributed by atoms with van der Waals surface area (Å²) in [5.74, 6) is 0.914. The largest absolute Gasteiger partial charge is 0.489 e. The van der Waals surface area contributed by atoms with Crippen molar-refractivity contribution in [2.75, 3.05) is 0 Å². The number of nitrogens with zero attached hydrogens (tertiary/aromatic N) is 2. The predicted octanol–water partition coefficient (Wildman–Crippen LogP) is 6.51. The van der Waals surface area contributed by atoms with Crippen LogP contribution in [0.15, 0.2) is 82.7 Å². The molecule has 0 aliphatic rings. The highest BCUT2D eigenvalue weighted by Gasteiger charge is 2.29. The number of ether oxygens (including phenoxy) is 1. The van der Waals surface area contributed by atoms with Gasteiger partial charge in [-0.3, -0.25) is 4.79 Å². The van der Waals surface area contributed by atoms with E-state index in [1.54, 1.807) is 24.3 Å². The van der Waals surface area contributed by atoms with Gasteiger partial charge in [-0.2, -0.15) is 18.4 Å². The lowest BCUT2D eigenvalue weighted by Crippen LogP contribution is -2.14. The van der Waals surface area contributed by atoms with Crippen LogP contribution in [0.3, 0.4) is 0 Å². The van der Waals surface area contributed by atoms with Crippen molar-refractivity contribution in [3.8, 4) is 23.1 Å². The Kier molecular flexibility index (Phi) is 7.46. The van der Waals surface area contributed by atoms with Crippen molar-refractivity contribution >= 4 is 11.8 Å². The molecule has 1 heterocycles. The summed E-state index contributed by atoms with van der Waals surface area (Å²) >= 11 is 1.16. The van der Waals surface area contributed by atoms with Gasteiger partial charge in [0.1, 0.15) is 24.0 Å². The van der Waals surface area contributed by atoms with Gasteiger partial charge in [0.25, 0.3) is 5.56 Å². The Labute approximate surface area is 209 Å². The molecule has 0 bridgehead atoms. The van der Waals surface area contributed by atoms with Crippen LogP contribution in [0, 0.1) is 18.3 Å². The van der Waals surface area contributed by atoms with E-state index in [2.05, 4.69) is 9.97 Å². The van der Waals surface area contributed by atoms with Crippen molar-refractivity contribution in [1.29, 1.82) is 5.26 Å². The molecular weight excluding hydrogens is 487 g/mol. The van der Waals surface area contributed by atoms with Gasteiger partial charge in [-0.15, -0.1) is 0 Å². The molecule has 0 aliphatic heterocycles. The van der Waals surface area contributed by atoms with Crippen LogP contribution in [0.4, 0.5) is 13.2 Å². The first-order chi connectivity index (χ1) is 17.2. The quantitative estimate of drug-likeness (QED) is 0.228. The van der Waals surface area contributed by atoms with Crippen molar-refractivity contribution in [3.63, 3.8) is 0 Å². The fourth-order valence-electron chi connectivity index (χ4n) is 3.34. The number of rotatable bonds is 7. The molecule has 1 N–H and O–H groups in total. The van der Waals surface area contributed by atoms with Gasteiger partial charge in [0, 0.05) is 11.3 Å². The molecular formula is C27H20F3N3O2S. The first kappa shape index (κ1) is 25.1. The van der Waals surface area contributed by atoms with Crippen molar-refractivity contribution in [3.05, 3.63) is 111 Å². The lowest BCUT2D eigenvalue weighted by Gasteiger charge is -2.10. The molecule has 5 nitrogen and oxygen atoms in total. The second kappa shape index (κ2) is 10.7. The van der Waals surface area contributed by atoms with Gasteiger partial charge in [-0.25, -0.2) is 4.98 Å². The lowest BCUT2D eigenvalue weighted by atomic mass is 10.1. The number of halogens is 3. The van der Waals surface area contributed by atoms with Crippen LogP contribution in [0.25, 0.3) is 11.3 Å². The zero-order chi connectivity index (χ0) is 25.7. The summed E-state index contributed by atoms with van der Waals surface area (Å²) in [7, 11) is 0. The fraction of sp³-hybridized carbons (Fsp3) is 0.148. The van der Waals surface area contributed by atoms with Crippen LogP contribution >= 0.6 is 11.8 Å². The molecule has 0 atom stereocenters. The summed E-state index contributed by atoms with van der Waals surface area (Å²) in [5.41, 5.74) is 2.18. The average Bonchev–Trinajstić information content (AvgIpc) is 2.87. The van der Waals surface area contributed by atoms with Gasteiger partial charge < -0.3 is 9.72 Å². The minimum atomic E-state index is -4.40. The molecule has 0 fully saturated rings. The van der Waals surface area contributed by atoms with Gasteiger partial charge in [-0.05, 0) is 54.4 Å². The number of thioether (sulfide) groups is 1. The maximum Gasteiger partial charge on any atom is 0.416 e. The van der Waals surface area contributed by atoms with Crippen LogP contribution in [0.2, 0.25) is 0 Å². The van der Waals surface area contributed by atoms with Gasteiger partial charge >= 0.3 is 6.18 Å². The maximum atomic E-state index is 12.8. The van der Waals surface area contributed by atoms with Crippen molar-refractivity contribution in [2.24, 2.45) is 0 Å². The number of benzene rings is 3. The highest BCUT2D eigenvalue weighted by molar-refractivity contribution is 7.98. The number of hydrogen-bond donors (Lipinski definition) is 1. The molecule has 4 rings (SSSR count). The monoisotopic (exact) mass is 507 g/mol. The summed E-state index contributed by atoms with van der Waals surface area (Å²) in [6.07, 6.45) is -4.40. The lowest BCUT2D eigenvalue weighted by molar-refractivity contribution is -0.137. The third kappa shape index (κ3) is 6.15. The highest BCUT2D eigenvalue weighted by Crippen LogP contribution is 2.30. The Balaban J connectivity index is 1.49. The standard InChI is InChI=1S/C27H20F3N3O2S/c1-17-2-4-18(5-3-17)15-35-22-12-8-20(9-13-22)24-23(14-31)25(34)33-26(32-24)36-16-19-6-10-21(11-7-19)27(28,29)30/h2-13H,15-16H2,1H3,(H,32,33,34). The third-order valence-corrected chi connectivity index (χ3v) is 6.26. The zero-order valence-electron chi connectivity index (χ0n) is 19.1. The summed E-state index contributed by atoms with van der Waals surface area (Å²) in [6.45, 7) is 2.41. The van der Waals surface area contributed by atoms with E-state index in [0.717, 1.165) is 29.5 Å². The zero-order valence-corrected chi connectivity index (χ0v) is 19.9. The van der Waals surface area contributed by atoms with E-state index < -0.39 is 17.3 Å². The van der Waals surface area contributed by atoms with E-state index in [1.165, 1.54) is 17.7 Å². The van der Waals surface area contributed by atoms with E-state index in [-0.39, 0.29) is 22.2 Å². The molecule has 36 heavy (non-hydrogen) atoms. The molecule has 4 aromatic rings. The number of alkyl halides is 3.